The van der Waals surface area contributed by atoms with E-state index in [1.165, 1.54) is 4.90 Å². The lowest BCUT2D eigenvalue weighted by atomic mass is 10.1. The molecule has 0 atom stereocenters. The summed E-state index contributed by atoms with van der Waals surface area (Å²) in [6.45, 7) is 2.16. The molecule has 1 aromatic heterocycles. The van der Waals surface area contributed by atoms with Crippen molar-refractivity contribution in [3.8, 4) is 11.3 Å². The fourth-order valence-electron chi connectivity index (χ4n) is 1.98. The van der Waals surface area contributed by atoms with E-state index in [0.29, 0.717) is 0 Å². The van der Waals surface area contributed by atoms with Gasteiger partial charge in [-0.3, -0.25) is 4.98 Å². The van der Waals surface area contributed by atoms with Crippen molar-refractivity contribution in [2.45, 2.75) is 11.8 Å². The molecule has 0 N–H and O–H groups in total. The van der Waals surface area contributed by atoms with Crippen molar-refractivity contribution in [2.24, 2.45) is 0 Å². The monoisotopic (exact) mass is 266 g/mol. The van der Waals surface area contributed by atoms with E-state index in [1.807, 2.05) is 42.2 Å². The van der Waals surface area contributed by atoms with Crippen LogP contribution in [0.3, 0.4) is 0 Å². The lowest BCUT2D eigenvalue weighted by Gasteiger charge is -2.04. The first kappa shape index (κ1) is 12.2. The van der Waals surface area contributed by atoms with E-state index in [-0.39, 0.29) is 0 Å². The number of nitrogens with zero attached hydrogens (tertiary/aromatic N) is 2. The quantitative estimate of drug-likeness (QED) is 0.657. The molecule has 2 aromatic carbocycles. The normalized spacial score (nSPS) is 10.8. The van der Waals surface area contributed by atoms with E-state index in [1.54, 1.807) is 0 Å². The van der Waals surface area contributed by atoms with Crippen LogP contribution in [0, 0.1) is 0 Å². The minimum absolute atomic E-state index is 0.923. The van der Waals surface area contributed by atoms with Crippen molar-refractivity contribution in [1.82, 2.24) is 9.97 Å². The minimum atomic E-state index is 0.923. The summed E-state index contributed by atoms with van der Waals surface area (Å²) < 4.78 is 0. The number of para-hydroxylation sites is 2. The molecule has 0 spiro atoms. The highest BCUT2D eigenvalue weighted by Gasteiger charge is 2.02. The average Bonchev–Trinajstić information content (AvgIpc) is 2.48. The van der Waals surface area contributed by atoms with Gasteiger partial charge in [0.25, 0.3) is 0 Å². The van der Waals surface area contributed by atoms with E-state index in [9.17, 15) is 0 Å². The molecule has 2 nitrogen and oxygen atoms in total. The van der Waals surface area contributed by atoms with Gasteiger partial charge in [-0.05, 0) is 30.0 Å². The van der Waals surface area contributed by atoms with Gasteiger partial charge in [-0.1, -0.05) is 31.2 Å². The fraction of sp³-hybridized carbons (Fsp3) is 0.125. The molecule has 19 heavy (non-hydrogen) atoms. The fourth-order valence-corrected chi connectivity index (χ4v) is 2.65. The first-order chi connectivity index (χ1) is 9.36. The summed E-state index contributed by atoms with van der Waals surface area (Å²) in [6.07, 6.45) is 1.84. The second kappa shape index (κ2) is 5.41. The van der Waals surface area contributed by atoms with Gasteiger partial charge in [-0.2, -0.15) is 0 Å². The Morgan fingerprint density at radius 3 is 2.42 bits per heavy atom. The van der Waals surface area contributed by atoms with Crippen molar-refractivity contribution in [3.63, 3.8) is 0 Å². The molecule has 0 aliphatic heterocycles. The van der Waals surface area contributed by atoms with Crippen LogP contribution in [0.4, 0.5) is 0 Å². The number of aromatic nitrogens is 2. The van der Waals surface area contributed by atoms with Gasteiger partial charge in [-0.25, -0.2) is 4.98 Å². The minimum Gasteiger partial charge on any atom is -0.252 e. The van der Waals surface area contributed by atoms with E-state index in [2.05, 4.69) is 41.2 Å². The Morgan fingerprint density at radius 1 is 0.947 bits per heavy atom. The molecule has 0 radical (unpaired) electrons. The second-order valence-electron chi connectivity index (χ2n) is 4.20. The van der Waals surface area contributed by atoms with Crippen LogP contribution >= 0.6 is 11.8 Å². The molecular weight excluding hydrogens is 252 g/mol. The SMILES string of the molecule is CCSc1ccc(-c2cnc3ccccc3n2)cc1. The molecule has 0 bridgehead atoms. The number of fused-ring (bicyclic) bond motifs is 1. The van der Waals surface area contributed by atoms with E-state index in [0.717, 1.165) is 28.0 Å². The zero-order valence-electron chi connectivity index (χ0n) is 10.7. The van der Waals surface area contributed by atoms with Gasteiger partial charge in [0.05, 0.1) is 22.9 Å². The lowest BCUT2D eigenvalue weighted by Crippen LogP contribution is -1.88. The van der Waals surface area contributed by atoms with Crippen LogP contribution in [0.5, 0.6) is 0 Å². The maximum Gasteiger partial charge on any atom is 0.0894 e. The third-order valence-corrected chi connectivity index (χ3v) is 3.80. The van der Waals surface area contributed by atoms with Crippen LogP contribution in [0.1, 0.15) is 6.92 Å². The molecule has 3 aromatic rings. The Labute approximate surface area is 116 Å². The first-order valence-corrected chi connectivity index (χ1v) is 7.30. The Hall–Kier alpha value is -1.87. The zero-order valence-corrected chi connectivity index (χ0v) is 11.5. The van der Waals surface area contributed by atoms with Crippen LogP contribution in [0.25, 0.3) is 22.3 Å². The first-order valence-electron chi connectivity index (χ1n) is 6.32. The molecule has 94 valence electrons. The van der Waals surface area contributed by atoms with Crippen molar-refractivity contribution in [3.05, 3.63) is 54.7 Å². The van der Waals surface area contributed by atoms with Crippen molar-refractivity contribution >= 4 is 22.8 Å². The number of thioether (sulfide) groups is 1. The summed E-state index contributed by atoms with van der Waals surface area (Å²) in [5.74, 6) is 1.09. The van der Waals surface area contributed by atoms with Crippen LogP contribution in [0.15, 0.2) is 59.6 Å². The molecule has 0 saturated heterocycles. The zero-order chi connectivity index (χ0) is 13.1. The predicted molar refractivity (Wildman–Crippen MR) is 81.4 cm³/mol. The number of benzene rings is 2. The maximum atomic E-state index is 4.65. The molecule has 0 aliphatic carbocycles. The van der Waals surface area contributed by atoms with Gasteiger partial charge in [0.1, 0.15) is 0 Å². The van der Waals surface area contributed by atoms with E-state index < -0.39 is 0 Å². The Bertz CT molecular complexity index is 692. The molecule has 0 unspecified atom stereocenters. The van der Waals surface area contributed by atoms with Gasteiger partial charge in [0.2, 0.25) is 0 Å². The molecule has 3 rings (SSSR count). The topological polar surface area (TPSA) is 25.8 Å². The van der Waals surface area contributed by atoms with Crippen LogP contribution in [0.2, 0.25) is 0 Å². The average molecular weight is 266 g/mol. The van der Waals surface area contributed by atoms with Gasteiger partial charge in [0, 0.05) is 10.5 Å². The summed E-state index contributed by atoms with van der Waals surface area (Å²) in [5.41, 5.74) is 3.90. The standard InChI is InChI=1S/C16H14N2S/c1-2-19-13-9-7-12(8-10-13)16-11-17-14-5-3-4-6-15(14)18-16/h3-11H,2H2,1H3. The third kappa shape index (κ3) is 2.61. The maximum absolute atomic E-state index is 4.65. The van der Waals surface area contributed by atoms with Crippen LogP contribution in [-0.2, 0) is 0 Å². The highest BCUT2D eigenvalue weighted by Crippen LogP contribution is 2.23. The summed E-state index contributed by atoms with van der Waals surface area (Å²) in [4.78, 5) is 10.4. The highest BCUT2D eigenvalue weighted by atomic mass is 32.2. The summed E-state index contributed by atoms with van der Waals surface area (Å²) >= 11 is 1.85. The van der Waals surface area contributed by atoms with Gasteiger partial charge >= 0.3 is 0 Å². The predicted octanol–water partition coefficient (Wildman–Crippen LogP) is 4.41. The number of hydrogen-bond donors (Lipinski definition) is 0. The van der Waals surface area contributed by atoms with Crippen molar-refractivity contribution < 1.29 is 0 Å². The Kier molecular flexibility index (Phi) is 3.47. The van der Waals surface area contributed by atoms with Crippen molar-refractivity contribution in [1.29, 1.82) is 0 Å². The molecule has 3 heteroatoms. The third-order valence-electron chi connectivity index (χ3n) is 2.91. The van der Waals surface area contributed by atoms with Crippen LogP contribution in [-0.4, -0.2) is 15.7 Å². The second-order valence-corrected chi connectivity index (χ2v) is 5.54. The van der Waals surface area contributed by atoms with Crippen molar-refractivity contribution in [2.75, 3.05) is 5.75 Å². The molecule has 0 amide bonds. The largest absolute Gasteiger partial charge is 0.252 e. The molecule has 0 fully saturated rings. The smallest absolute Gasteiger partial charge is 0.0894 e. The van der Waals surface area contributed by atoms with Crippen LogP contribution < -0.4 is 0 Å². The summed E-state index contributed by atoms with van der Waals surface area (Å²) in [5, 5.41) is 0. The van der Waals surface area contributed by atoms with E-state index in [4.69, 9.17) is 0 Å². The summed E-state index contributed by atoms with van der Waals surface area (Å²) in [6, 6.07) is 16.4. The molecule has 0 saturated carbocycles. The molecule has 1 heterocycles. The molecule has 0 aliphatic rings. The Morgan fingerprint density at radius 2 is 1.68 bits per heavy atom. The number of rotatable bonds is 3. The summed E-state index contributed by atoms with van der Waals surface area (Å²) in [7, 11) is 0. The van der Waals surface area contributed by atoms with E-state index >= 15 is 0 Å². The highest BCUT2D eigenvalue weighted by molar-refractivity contribution is 7.99. The Balaban J connectivity index is 1.99. The lowest BCUT2D eigenvalue weighted by molar-refractivity contribution is 1.29. The van der Waals surface area contributed by atoms with Gasteiger partial charge in [0.15, 0.2) is 0 Å². The molecular formula is C16H14N2S. The number of hydrogen-bond acceptors (Lipinski definition) is 3. The van der Waals surface area contributed by atoms with Gasteiger partial charge in [-0.15, -0.1) is 11.8 Å². The van der Waals surface area contributed by atoms with Gasteiger partial charge < -0.3 is 0 Å².